The molecule has 0 bridgehead atoms. The summed E-state index contributed by atoms with van der Waals surface area (Å²) < 4.78 is 0. The number of urea groups is 1. The van der Waals surface area contributed by atoms with Crippen LogP contribution in [0.25, 0.3) is 5.57 Å². The maximum absolute atomic E-state index is 12.4. The molecular formula is C21H26N4O2S2. The smallest absolute Gasteiger partial charge is 0.315 e. The molecule has 0 spiro atoms. The molecule has 1 unspecified atom stereocenters. The second kappa shape index (κ2) is 8.80. The first-order valence-corrected chi connectivity index (χ1v) is 12.1. The van der Waals surface area contributed by atoms with Crippen molar-refractivity contribution in [3.8, 4) is 12.3 Å². The van der Waals surface area contributed by atoms with Gasteiger partial charge in [0.1, 0.15) is 0 Å². The molecule has 29 heavy (non-hydrogen) atoms. The van der Waals surface area contributed by atoms with E-state index in [0.717, 1.165) is 43.6 Å². The topological polar surface area (TPSA) is 83.1 Å². The number of fused-ring (bicyclic) bond motifs is 1. The van der Waals surface area contributed by atoms with Gasteiger partial charge in [-0.1, -0.05) is 6.42 Å². The zero-order chi connectivity index (χ0) is 20.4. The first kappa shape index (κ1) is 20.3. The zero-order valence-corrected chi connectivity index (χ0v) is 18.1. The van der Waals surface area contributed by atoms with Gasteiger partial charge in [0, 0.05) is 22.8 Å². The highest BCUT2D eigenvalue weighted by atomic mass is 32.2. The van der Waals surface area contributed by atoms with Crippen LogP contribution >= 0.6 is 23.1 Å². The number of allylic oxidation sites excluding steroid dienone is 1. The third kappa shape index (κ3) is 4.46. The lowest BCUT2D eigenvalue weighted by Crippen LogP contribution is -2.36. The summed E-state index contributed by atoms with van der Waals surface area (Å²) in [5.41, 5.74) is 3.37. The number of amides is 3. The van der Waals surface area contributed by atoms with E-state index in [-0.39, 0.29) is 30.1 Å². The average Bonchev–Trinajstić information content (AvgIpc) is 3.45. The van der Waals surface area contributed by atoms with Crippen molar-refractivity contribution in [1.82, 2.24) is 20.9 Å². The maximum Gasteiger partial charge on any atom is 0.315 e. The van der Waals surface area contributed by atoms with Gasteiger partial charge in [-0.05, 0) is 49.7 Å². The molecule has 1 aromatic rings. The van der Waals surface area contributed by atoms with Gasteiger partial charge in [0.05, 0.1) is 23.8 Å². The van der Waals surface area contributed by atoms with Crippen molar-refractivity contribution in [2.75, 3.05) is 5.75 Å². The van der Waals surface area contributed by atoms with Crippen molar-refractivity contribution >= 4 is 40.6 Å². The molecule has 8 heteroatoms. The molecule has 0 radical (unpaired) electrons. The quantitative estimate of drug-likeness (QED) is 0.353. The highest BCUT2D eigenvalue weighted by Crippen LogP contribution is 2.35. The van der Waals surface area contributed by atoms with E-state index in [9.17, 15) is 9.59 Å². The van der Waals surface area contributed by atoms with Crippen LogP contribution in [0.2, 0.25) is 0 Å². The standard InChI is InChI=1S/C21H26N4O2S2/c1-3-19-23-15(10-29-19)13-8-9-14(12(13)2)22-18(26)7-5-4-6-17-20-16(11-28-17)24-21(27)25-20/h1,10,14,16-17,20H,4-9,11H2,2H3,(H,22,26)(H2,24,25,27)/t14?,16-,17-,20-/m0/s1. The Balaban J connectivity index is 1.20. The fourth-order valence-electron chi connectivity index (χ4n) is 4.44. The number of hydrogen-bond donors (Lipinski definition) is 3. The van der Waals surface area contributed by atoms with Gasteiger partial charge in [-0.3, -0.25) is 4.79 Å². The molecule has 2 aliphatic heterocycles. The van der Waals surface area contributed by atoms with Gasteiger partial charge in [0.25, 0.3) is 0 Å². The van der Waals surface area contributed by atoms with Gasteiger partial charge >= 0.3 is 6.03 Å². The van der Waals surface area contributed by atoms with E-state index >= 15 is 0 Å². The Labute approximate surface area is 179 Å². The van der Waals surface area contributed by atoms with E-state index in [0.29, 0.717) is 16.7 Å². The highest BCUT2D eigenvalue weighted by molar-refractivity contribution is 8.00. The summed E-state index contributed by atoms with van der Waals surface area (Å²) in [4.78, 5) is 28.3. The van der Waals surface area contributed by atoms with Crippen molar-refractivity contribution in [2.24, 2.45) is 0 Å². The molecule has 3 aliphatic rings. The van der Waals surface area contributed by atoms with Crippen molar-refractivity contribution in [1.29, 1.82) is 0 Å². The Morgan fingerprint density at radius 3 is 3.07 bits per heavy atom. The molecule has 3 N–H and O–H groups in total. The highest BCUT2D eigenvalue weighted by Gasteiger charge is 2.42. The van der Waals surface area contributed by atoms with Crippen LogP contribution in [-0.2, 0) is 4.79 Å². The van der Waals surface area contributed by atoms with E-state index in [2.05, 4.69) is 33.8 Å². The molecule has 1 aliphatic carbocycles. The monoisotopic (exact) mass is 430 g/mol. The SMILES string of the molecule is C#Cc1nc(C2=C(C)C(NC(=O)CCCC[C@@H]3SC[C@@H]4NC(=O)N[C@@H]43)CC2)cs1. The Morgan fingerprint density at radius 2 is 2.28 bits per heavy atom. The van der Waals surface area contributed by atoms with E-state index < -0.39 is 0 Å². The summed E-state index contributed by atoms with van der Waals surface area (Å²) in [6.45, 7) is 2.08. The summed E-state index contributed by atoms with van der Waals surface area (Å²) in [7, 11) is 0. The second-order valence-corrected chi connectivity index (χ2v) is 10.0. The summed E-state index contributed by atoms with van der Waals surface area (Å²) in [6, 6.07) is 0.560. The van der Waals surface area contributed by atoms with Gasteiger partial charge < -0.3 is 16.0 Å². The van der Waals surface area contributed by atoms with E-state index in [1.165, 1.54) is 22.5 Å². The number of carbonyl (C=O) groups excluding carboxylic acids is 2. The number of thioether (sulfide) groups is 1. The minimum absolute atomic E-state index is 0.0443. The Hall–Kier alpha value is -1.98. The third-order valence-corrected chi connectivity index (χ3v) is 8.32. The van der Waals surface area contributed by atoms with E-state index in [1.54, 1.807) is 0 Å². The Bertz CT molecular complexity index is 872. The molecule has 154 valence electrons. The van der Waals surface area contributed by atoms with Gasteiger partial charge in [-0.25, -0.2) is 9.78 Å². The van der Waals surface area contributed by atoms with Crippen LogP contribution in [-0.4, -0.2) is 46.1 Å². The van der Waals surface area contributed by atoms with Crippen LogP contribution in [0.3, 0.4) is 0 Å². The van der Waals surface area contributed by atoms with Crippen molar-refractivity contribution in [3.05, 3.63) is 21.7 Å². The molecule has 2 saturated heterocycles. The number of thiazole rings is 1. The number of hydrogen-bond acceptors (Lipinski definition) is 5. The third-order valence-electron chi connectivity index (χ3n) is 6.03. The molecule has 0 saturated carbocycles. The molecular weight excluding hydrogens is 404 g/mol. The summed E-state index contributed by atoms with van der Waals surface area (Å²) in [5, 5.41) is 12.3. The zero-order valence-electron chi connectivity index (χ0n) is 16.5. The Kier molecular flexibility index (Phi) is 6.16. The lowest BCUT2D eigenvalue weighted by atomic mass is 10.0. The fraction of sp³-hybridized carbons (Fsp3) is 0.571. The van der Waals surface area contributed by atoms with Crippen LogP contribution in [0, 0.1) is 12.3 Å². The molecule has 3 amide bonds. The largest absolute Gasteiger partial charge is 0.350 e. The molecule has 3 heterocycles. The normalized spacial score (nSPS) is 28.1. The van der Waals surface area contributed by atoms with E-state index in [4.69, 9.17) is 6.42 Å². The van der Waals surface area contributed by atoms with Gasteiger partial charge in [0.15, 0.2) is 5.01 Å². The first-order chi connectivity index (χ1) is 14.0. The van der Waals surface area contributed by atoms with Gasteiger partial charge in [-0.15, -0.1) is 17.8 Å². The average molecular weight is 431 g/mol. The lowest BCUT2D eigenvalue weighted by Gasteiger charge is -2.17. The molecule has 2 fully saturated rings. The minimum atomic E-state index is -0.0443. The summed E-state index contributed by atoms with van der Waals surface area (Å²) >= 11 is 3.41. The van der Waals surface area contributed by atoms with Crippen LogP contribution in [0.4, 0.5) is 4.79 Å². The molecule has 1 aromatic heterocycles. The summed E-state index contributed by atoms with van der Waals surface area (Å²) in [6.07, 6.45) is 10.7. The van der Waals surface area contributed by atoms with Gasteiger partial charge in [-0.2, -0.15) is 11.8 Å². The summed E-state index contributed by atoms with van der Waals surface area (Å²) in [5.74, 6) is 3.68. The van der Waals surface area contributed by atoms with Crippen LogP contribution in [0.5, 0.6) is 0 Å². The first-order valence-electron chi connectivity index (χ1n) is 10.2. The fourth-order valence-corrected chi connectivity index (χ4v) is 6.62. The number of carbonyl (C=O) groups is 2. The molecule has 4 rings (SSSR count). The molecule has 0 aromatic carbocycles. The molecule has 6 nitrogen and oxygen atoms in total. The van der Waals surface area contributed by atoms with Crippen LogP contribution in [0.1, 0.15) is 56.2 Å². The molecule has 4 atom stereocenters. The maximum atomic E-state index is 12.4. The number of unbranched alkanes of at least 4 members (excludes halogenated alkanes) is 1. The number of rotatable bonds is 7. The predicted octanol–water partition coefficient (Wildman–Crippen LogP) is 2.90. The van der Waals surface area contributed by atoms with Gasteiger partial charge in [0.2, 0.25) is 5.91 Å². The number of nitrogens with zero attached hydrogens (tertiary/aromatic N) is 1. The van der Waals surface area contributed by atoms with Crippen molar-refractivity contribution < 1.29 is 9.59 Å². The van der Waals surface area contributed by atoms with Crippen molar-refractivity contribution in [3.63, 3.8) is 0 Å². The second-order valence-electron chi connectivity index (χ2n) is 7.87. The Morgan fingerprint density at radius 1 is 1.41 bits per heavy atom. The van der Waals surface area contributed by atoms with Crippen LogP contribution < -0.4 is 16.0 Å². The number of aromatic nitrogens is 1. The van der Waals surface area contributed by atoms with Crippen molar-refractivity contribution in [2.45, 2.75) is 68.8 Å². The predicted molar refractivity (Wildman–Crippen MR) is 118 cm³/mol. The lowest BCUT2D eigenvalue weighted by molar-refractivity contribution is -0.121. The minimum Gasteiger partial charge on any atom is -0.350 e. The van der Waals surface area contributed by atoms with Crippen LogP contribution in [0.15, 0.2) is 11.0 Å². The number of terminal acetylenes is 1. The number of nitrogens with one attached hydrogen (secondary N) is 3. The van der Waals surface area contributed by atoms with E-state index in [1.807, 2.05) is 17.1 Å².